The Kier molecular flexibility index (Phi) is 4.52. The Morgan fingerprint density at radius 3 is 2.89 bits per heavy atom. The van der Waals surface area contributed by atoms with Crippen LogP contribution in [0.3, 0.4) is 0 Å². The average Bonchev–Trinajstić information content (AvgIpc) is 2.79. The third-order valence-electron chi connectivity index (χ3n) is 4.00. The molecule has 1 saturated heterocycles. The van der Waals surface area contributed by atoms with Crippen LogP contribution in [0, 0.1) is 0 Å². The van der Waals surface area contributed by atoms with E-state index in [4.69, 9.17) is 15.2 Å². The molecule has 1 unspecified atom stereocenters. The van der Waals surface area contributed by atoms with E-state index in [1.807, 2.05) is 0 Å². The van der Waals surface area contributed by atoms with Crippen LogP contribution in [0.25, 0.3) is 0 Å². The van der Waals surface area contributed by atoms with Gasteiger partial charge in [0, 0.05) is 12.6 Å². The topological polar surface area (TPSA) is 69.4 Å². The van der Waals surface area contributed by atoms with E-state index in [2.05, 4.69) is 23.5 Å². The number of nitrogens with two attached hydrogens (primary N) is 1. The molecular weight excluding hydrogens is 262 g/mol. The molecule has 2 heterocycles. The van der Waals surface area contributed by atoms with Crippen LogP contribution in [0.15, 0.2) is 0 Å². The van der Waals surface area contributed by atoms with Crippen molar-refractivity contribution in [3.8, 4) is 5.75 Å². The van der Waals surface area contributed by atoms with E-state index in [1.165, 1.54) is 11.5 Å². The van der Waals surface area contributed by atoms with Crippen LogP contribution in [-0.4, -0.2) is 29.7 Å². The molecule has 2 rings (SSSR count). The van der Waals surface area contributed by atoms with Crippen LogP contribution < -0.4 is 15.8 Å². The molecule has 108 valence electrons. The van der Waals surface area contributed by atoms with E-state index >= 15 is 0 Å². The molecule has 1 aliphatic heterocycles. The molecule has 0 spiro atoms. The average molecular weight is 285 g/mol. The van der Waals surface area contributed by atoms with Crippen LogP contribution >= 0.6 is 11.5 Å². The van der Waals surface area contributed by atoms with Crippen molar-refractivity contribution in [2.24, 2.45) is 0 Å². The van der Waals surface area contributed by atoms with E-state index in [9.17, 15) is 0 Å². The number of anilines is 2. The number of hydrogen-bond donors (Lipinski definition) is 2. The highest BCUT2D eigenvalue weighted by atomic mass is 32.1. The van der Waals surface area contributed by atoms with Crippen molar-refractivity contribution in [1.29, 1.82) is 0 Å². The van der Waals surface area contributed by atoms with Gasteiger partial charge < -0.3 is 20.5 Å². The molecule has 6 heteroatoms. The van der Waals surface area contributed by atoms with Crippen molar-refractivity contribution in [2.45, 2.75) is 51.2 Å². The first-order valence-corrected chi connectivity index (χ1v) is 7.61. The maximum absolute atomic E-state index is 5.99. The van der Waals surface area contributed by atoms with Crippen molar-refractivity contribution < 1.29 is 9.47 Å². The third kappa shape index (κ3) is 2.95. The van der Waals surface area contributed by atoms with E-state index in [-0.39, 0.29) is 5.60 Å². The molecule has 1 fully saturated rings. The van der Waals surface area contributed by atoms with Crippen molar-refractivity contribution in [1.82, 2.24) is 4.37 Å². The van der Waals surface area contributed by atoms with E-state index in [0.29, 0.717) is 17.6 Å². The number of hydrogen-bond acceptors (Lipinski definition) is 6. The fraction of sp³-hybridized carbons (Fsp3) is 0.769. The van der Waals surface area contributed by atoms with Crippen molar-refractivity contribution in [3.05, 3.63) is 0 Å². The van der Waals surface area contributed by atoms with Gasteiger partial charge in [-0.3, -0.25) is 0 Å². The first kappa shape index (κ1) is 14.4. The lowest BCUT2D eigenvalue weighted by molar-refractivity contribution is -0.0864. The van der Waals surface area contributed by atoms with Gasteiger partial charge in [-0.2, -0.15) is 4.37 Å². The predicted octanol–water partition coefficient (Wildman–Crippen LogP) is 2.88. The molecule has 19 heavy (non-hydrogen) atoms. The lowest BCUT2D eigenvalue weighted by Gasteiger charge is -2.40. The molecule has 0 aromatic carbocycles. The molecule has 1 aliphatic rings. The standard InChI is InChI=1S/C13H23N3O2S/c1-4-13(5-2)8-9(6-7-18-13)15-12-10(17-3)11(14)16-19-12/h9,15H,4-8H2,1-3H3,(H2,14,16). The quantitative estimate of drug-likeness (QED) is 0.870. The van der Waals surface area contributed by atoms with Crippen LogP contribution in [0.2, 0.25) is 0 Å². The Bertz CT molecular complexity index is 418. The van der Waals surface area contributed by atoms with Crippen LogP contribution in [0.5, 0.6) is 5.75 Å². The van der Waals surface area contributed by atoms with Crippen LogP contribution in [0.1, 0.15) is 39.5 Å². The van der Waals surface area contributed by atoms with Crippen molar-refractivity contribution in [2.75, 3.05) is 24.8 Å². The van der Waals surface area contributed by atoms with Gasteiger partial charge in [-0.1, -0.05) is 13.8 Å². The summed E-state index contributed by atoms with van der Waals surface area (Å²) in [6, 6.07) is 0.391. The Balaban J connectivity index is 2.06. The number of nitrogens with one attached hydrogen (secondary N) is 1. The normalized spacial score (nSPS) is 22.2. The van der Waals surface area contributed by atoms with Gasteiger partial charge in [-0.25, -0.2) is 0 Å². The monoisotopic (exact) mass is 285 g/mol. The van der Waals surface area contributed by atoms with Gasteiger partial charge >= 0.3 is 0 Å². The molecule has 1 aromatic rings. The SMILES string of the molecule is CCC1(CC)CC(Nc2snc(N)c2OC)CCO1. The minimum Gasteiger partial charge on any atom is -0.490 e. The number of aromatic nitrogens is 1. The Hall–Kier alpha value is -1.01. The van der Waals surface area contributed by atoms with Gasteiger partial charge in [0.2, 0.25) is 0 Å². The highest BCUT2D eigenvalue weighted by molar-refractivity contribution is 7.11. The highest BCUT2D eigenvalue weighted by Crippen LogP contribution is 2.38. The van der Waals surface area contributed by atoms with Gasteiger partial charge in [-0.15, -0.1) is 0 Å². The zero-order valence-electron chi connectivity index (χ0n) is 11.9. The predicted molar refractivity (Wildman–Crippen MR) is 79.0 cm³/mol. The summed E-state index contributed by atoms with van der Waals surface area (Å²) < 4.78 is 15.4. The highest BCUT2D eigenvalue weighted by Gasteiger charge is 2.35. The fourth-order valence-electron chi connectivity index (χ4n) is 2.66. The summed E-state index contributed by atoms with van der Waals surface area (Å²) >= 11 is 1.36. The summed E-state index contributed by atoms with van der Waals surface area (Å²) in [5.41, 5.74) is 5.79. The molecule has 0 saturated carbocycles. The fourth-order valence-corrected chi connectivity index (χ4v) is 3.43. The zero-order valence-corrected chi connectivity index (χ0v) is 12.7. The van der Waals surface area contributed by atoms with E-state index in [0.717, 1.165) is 37.3 Å². The zero-order chi connectivity index (χ0) is 13.9. The van der Waals surface area contributed by atoms with E-state index in [1.54, 1.807) is 7.11 Å². The Labute approximate surface area is 118 Å². The Morgan fingerprint density at radius 2 is 2.26 bits per heavy atom. The van der Waals surface area contributed by atoms with Gasteiger partial charge in [0.15, 0.2) is 16.6 Å². The van der Waals surface area contributed by atoms with Crippen LogP contribution in [-0.2, 0) is 4.74 Å². The summed E-state index contributed by atoms with van der Waals surface area (Å²) in [6.07, 6.45) is 4.11. The van der Waals surface area contributed by atoms with E-state index < -0.39 is 0 Å². The molecule has 1 atom stereocenters. The smallest absolute Gasteiger partial charge is 0.197 e. The number of rotatable bonds is 5. The molecule has 0 bridgehead atoms. The van der Waals surface area contributed by atoms with Crippen LogP contribution in [0.4, 0.5) is 10.8 Å². The maximum atomic E-state index is 5.99. The summed E-state index contributed by atoms with van der Waals surface area (Å²) in [5, 5.41) is 4.44. The lowest BCUT2D eigenvalue weighted by atomic mass is 9.86. The van der Waals surface area contributed by atoms with Crippen molar-refractivity contribution >= 4 is 22.4 Å². The first-order valence-electron chi connectivity index (χ1n) is 6.83. The second-order valence-corrected chi connectivity index (χ2v) is 5.78. The van der Waals surface area contributed by atoms with Gasteiger partial charge in [-0.05, 0) is 37.2 Å². The summed E-state index contributed by atoms with van der Waals surface area (Å²) in [5.74, 6) is 1.12. The molecule has 5 nitrogen and oxygen atoms in total. The number of nitrogens with zero attached hydrogens (tertiary/aromatic N) is 1. The maximum Gasteiger partial charge on any atom is 0.197 e. The minimum atomic E-state index is 0.0133. The van der Waals surface area contributed by atoms with Gasteiger partial charge in [0.25, 0.3) is 0 Å². The summed E-state index contributed by atoms with van der Waals surface area (Å²) in [4.78, 5) is 0. The Morgan fingerprint density at radius 1 is 1.53 bits per heavy atom. The second-order valence-electron chi connectivity index (χ2n) is 5.00. The molecule has 0 amide bonds. The minimum absolute atomic E-state index is 0.0133. The van der Waals surface area contributed by atoms with Gasteiger partial charge in [0.05, 0.1) is 12.7 Å². The summed E-state index contributed by atoms with van der Waals surface area (Å²) in [6.45, 7) is 5.18. The second kappa shape index (κ2) is 5.96. The number of nitrogen functional groups attached to an aromatic ring is 1. The van der Waals surface area contributed by atoms with Gasteiger partial charge in [0.1, 0.15) is 0 Å². The largest absolute Gasteiger partial charge is 0.490 e. The molecular formula is C13H23N3O2S. The lowest BCUT2D eigenvalue weighted by Crippen LogP contribution is -2.43. The molecule has 0 radical (unpaired) electrons. The van der Waals surface area contributed by atoms with Crippen molar-refractivity contribution in [3.63, 3.8) is 0 Å². The third-order valence-corrected chi connectivity index (χ3v) is 4.77. The number of ether oxygens (including phenoxy) is 2. The first-order chi connectivity index (χ1) is 9.14. The summed E-state index contributed by atoms with van der Waals surface area (Å²) in [7, 11) is 1.62. The number of methoxy groups -OCH3 is 1. The molecule has 3 N–H and O–H groups in total. The molecule has 1 aromatic heterocycles. The molecule has 0 aliphatic carbocycles.